The molecule has 2 aromatic rings. The molecule has 0 aliphatic carbocycles. The van der Waals surface area contributed by atoms with E-state index in [0.29, 0.717) is 5.02 Å². The zero-order valence-corrected chi connectivity index (χ0v) is 9.48. The molecule has 4 nitrogen and oxygen atoms in total. The zero-order chi connectivity index (χ0) is 11.5. The lowest BCUT2D eigenvalue weighted by atomic mass is 10.2. The number of benzene rings is 1. The fourth-order valence-electron chi connectivity index (χ4n) is 1.52. The van der Waals surface area contributed by atoms with Crippen LogP contribution in [0.1, 0.15) is 11.3 Å². The van der Waals surface area contributed by atoms with Gasteiger partial charge >= 0.3 is 0 Å². The third kappa shape index (κ3) is 2.12. The molecule has 82 valence electrons. The third-order valence-electron chi connectivity index (χ3n) is 2.25. The Bertz CT molecular complexity index is 522. The van der Waals surface area contributed by atoms with Crippen LogP contribution in [0.4, 0.5) is 0 Å². The highest BCUT2D eigenvalue weighted by molar-refractivity contribution is 6.30. The maximum Gasteiger partial charge on any atom is 0.108 e. The van der Waals surface area contributed by atoms with E-state index in [0.717, 1.165) is 16.9 Å². The molecule has 0 aliphatic rings. The van der Waals surface area contributed by atoms with Gasteiger partial charge in [-0.05, 0) is 31.2 Å². The van der Waals surface area contributed by atoms with E-state index in [4.69, 9.17) is 11.6 Å². The van der Waals surface area contributed by atoms with E-state index in [1.54, 1.807) is 16.8 Å². The van der Waals surface area contributed by atoms with Gasteiger partial charge in [0.05, 0.1) is 11.4 Å². The van der Waals surface area contributed by atoms with Gasteiger partial charge < -0.3 is 0 Å². The van der Waals surface area contributed by atoms with Crippen LogP contribution in [0, 0.1) is 11.8 Å². The van der Waals surface area contributed by atoms with Crippen LogP contribution >= 0.6 is 11.6 Å². The van der Waals surface area contributed by atoms with Crippen LogP contribution < -0.4 is 0 Å². The summed E-state index contributed by atoms with van der Waals surface area (Å²) < 4.78 is 1.71. The van der Waals surface area contributed by atoms with Crippen LogP contribution in [0.3, 0.4) is 0 Å². The Kier molecular flexibility index (Phi) is 3.01. The fraction of sp³-hybridized carbons (Fsp3) is 0.182. The number of halogens is 1. The van der Waals surface area contributed by atoms with Crippen LogP contribution in [-0.4, -0.2) is 9.78 Å². The van der Waals surface area contributed by atoms with Crippen molar-refractivity contribution in [2.45, 2.75) is 13.5 Å². The molecule has 0 saturated heterocycles. The Morgan fingerprint density at radius 1 is 1.44 bits per heavy atom. The molecule has 0 spiro atoms. The van der Waals surface area contributed by atoms with Crippen molar-refractivity contribution in [1.82, 2.24) is 9.78 Å². The minimum atomic E-state index is 0.0921. The van der Waals surface area contributed by atoms with Gasteiger partial charge in [-0.3, -0.25) is 0 Å². The van der Waals surface area contributed by atoms with E-state index in [-0.39, 0.29) is 6.54 Å². The number of rotatable bonds is 3. The summed E-state index contributed by atoms with van der Waals surface area (Å²) in [7, 11) is 0. The van der Waals surface area contributed by atoms with Gasteiger partial charge in [-0.2, -0.15) is 10.0 Å². The second-order valence-corrected chi connectivity index (χ2v) is 3.90. The molecule has 16 heavy (non-hydrogen) atoms. The highest BCUT2D eigenvalue weighted by Crippen LogP contribution is 2.20. The van der Waals surface area contributed by atoms with Crippen molar-refractivity contribution < 1.29 is 0 Å². The van der Waals surface area contributed by atoms with Gasteiger partial charge in [0.2, 0.25) is 0 Å². The van der Waals surface area contributed by atoms with Crippen molar-refractivity contribution in [2.24, 2.45) is 5.18 Å². The Morgan fingerprint density at radius 3 is 2.88 bits per heavy atom. The highest BCUT2D eigenvalue weighted by Gasteiger charge is 2.06. The molecule has 0 radical (unpaired) electrons. The van der Waals surface area contributed by atoms with Gasteiger partial charge in [-0.25, -0.2) is 4.68 Å². The Labute approximate surface area is 97.8 Å². The average Bonchev–Trinajstić information content (AvgIpc) is 2.65. The lowest BCUT2D eigenvalue weighted by Crippen LogP contribution is -2.00. The molecule has 5 heteroatoms. The van der Waals surface area contributed by atoms with Gasteiger partial charge in [-0.1, -0.05) is 16.8 Å². The fourth-order valence-corrected chi connectivity index (χ4v) is 1.72. The lowest BCUT2D eigenvalue weighted by Gasteiger charge is -2.07. The van der Waals surface area contributed by atoms with Crippen molar-refractivity contribution in [3.63, 3.8) is 0 Å². The van der Waals surface area contributed by atoms with Crippen LogP contribution in [0.15, 0.2) is 35.6 Å². The first-order valence-corrected chi connectivity index (χ1v) is 5.18. The first-order valence-electron chi connectivity index (χ1n) is 4.81. The molecule has 0 aliphatic heterocycles. The molecule has 0 bridgehead atoms. The summed E-state index contributed by atoms with van der Waals surface area (Å²) in [5.74, 6) is 0. The second-order valence-electron chi connectivity index (χ2n) is 3.46. The summed E-state index contributed by atoms with van der Waals surface area (Å²) in [5.41, 5.74) is 2.52. The molecular formula is C11H10ClN3O. The summed E-state index contributed by atoms with van der Waals surface area (Å²) in [5, 5.41) is 7.76. The highest BCUT2D eigenvalue weighted by atomic mass is 35.5. The van der Waals surface area contributed by atoms with Crippen molar-refractivity contribution in [3.05, 3.63) is 51.6 Å². The van der Waals surface area contributed by atoms with Crippen molar-refractivity contribution in [2.75, 3.05) is 0 Å². The van der Waals surface area contributed by atoms with E-state index < -0.39 is 0 Å². The number of nitrogens with zero attached hydrogens (tertiary/aromatic N) is 3. The van der Waals surface area contributed by atoms with Crippen molar-refractivity contribution >= 4 is 11.6 Å². The molecule has 2 rings (SSSR count). The van der Waals surface area contributed by atoms with E-state index in [2.05, 4.69) is 10.3 Å². The van der Waals surface area contributed by atoms with Crippen LogP contribution in [0.25, 0.3) is 5.69 Å². The van der Waals surface area contributed by atoms with Crippen LogP contribution in [0.5, 0.6) is 0 Å². The summed E-state index contributed by atoms with van der Waals surface area (Å²) in [6, 6.07) is 7.22. The monoisotopic (exact) mass is 235 g/mol. The number of aromatic nitrogens is 2. The summed E-state index contributed by atoms with van der Waals surface area (Å²) in [6.07, 6.45) is 1.84. The van der Waals surface area contributed by atoms with E-state index in [9.17, 15) is 4.91 Å². The van der Waals surface area contributed by atoms with Gasteiger partial charge in [0.25, 0.3) is 0 Å². The van der Waals surface area contributed by atoms with Gasteiger partial charge in [-0.15, -0.1) is 0 Å². The van der Waals surface area contributed by atoms with Crippen LogP contribution in [0.2, 0.25) is 5.02 Å². The SMILES string of the molecule is Cc1ccn(-c2ccc(Cl)cc2CN=O)n1. The normalized spacial score (nSPS) is 10.4. The molecular weight excluding hydrogens is 226 g/mol. The first kappa shape index (κ1) is 10.8. The van der Waals surface area contributed by atoms with E-state index in [1.165, 1.54) is 0 Å². The standard InChI is InChI=1S/C11H10ClN3O/c1-8-4-5-15(14-8)11-3-2-10(12)6-9(11)7-13-16/h2-6H,7H2,1H3. The smallest absolute Gasteiger partial charge is 0.108 e. The van der Waals surface area contributed by atoms with Gasteiger partial charge in [0, 0.05) is 16.8 Å². The Morgan fingerprint density at radius 2 is 2.25 bits per heavy atom. The number of aryl methyl sites for hydroxylation is 1. The summed E-state index contributed by atoms with van der Waals surface area (Å²) in [6.45, 7) is 2.00. The van der Waals surface area contributed by atoms with Crippen molar-refractivity contribution in [3.8, 4) is 5.69 Å². The molecule has 0 fully saturated rings. The quantitative estimate of drug-likeness (QED) is 0.768. The van der Waals surface area contributed by atoms with Gasteiger partial charge in [0.15, 0.2) is 0 Å². The molecule has 0 unspecified atom stereocenters. The number of hydrogen-bond donors (Lipinski definition) is 0. The molecule has 1 aromatic carbocycles. The minimum Gasteiger partial charge on any atom is -0.240 e. The average molecular weight is 236 g/mol. The third-order valence-corrected chi connectivity index (χ3v) is 2.48. The largest absolute Gasteiger partial charge is 0.240 e. The molecule has 1 aromatic heterocycles. The number of nitroso groups, excluding NO2 is 1. The molecule has 0 atom stereocenters. The predicted octanol–water partition coefficient (Wildman–Crippen LogP) is 3.10. The van der Waals surface area contributed by atoms with Crippen molar-refractivity contribution in [1.29, 1.82) is 0 Å². The van der Waals surface area contributed by atoms with Crippen LogP contribution in [-0.2, 0) is 6.54 Å². The lowest BCUT2D eigenvalue weighted by molar-refractivity contribution is 0.843. The Hall–Kier alpha value is -1.68. The molecule has 0 amide bonds. The summed E-state index contributed by atoms with van der Waals surface area (Å²) in [4.78, 5) is 10.4. The molecule has 1 heterocycles. The first-order chi connectivity index (χ1) is 7.70. The predicted molar refractivity (Wildman–Crippen MR) is 62.8 cm³/mol. The van der Waals surface area contributed by atoms with Gasteiger partial charge in [0.1, 0.15) is 6.54 Å². The maximum atomic E-state index is 10.4. The second kappa shape index (κ2) is 4.45. The maximum absolute atomic E-state index is 10.4. The Balaban J connectivity index is 2.50. The zero-order valence-electron chi connectivity index (χ0n) is 8.72. The topological polar surface area (TPSA) is 47.2 Å². The molecule has 0 saturated carbocycles. The van der Waals surface area contributed by atoms with E-state index in [1.807, 2.05) is 25.3 Å². The minimum absolute atomic E-state index is 0.0921. The summed E-state index contributed by atoms with van der Waals surface area (Å²) >= 11 is 5.87. The van der Waals surface area contributed by atoms with E-state index >= 15 is 0 Å². The number of hydrogen-bond acceptors (Lipinski definition) is 3. The molecule has 0 N–H and O–H groups in total.